The Morgan fingerprint density at radius 2 is 2.27 bits per heavy atom. The van der Waals surface area contributed by atoms with Crippen molar-refractivity contribution in [2.75, 3.05) is 18.7 Å². The number of methoxy groups -OCH3 is 1. The lowest BCUT2D eigenvalue weighted by atomic mass is 10.1. The average molecular weight is 228 g/mol. The van der Waals surface area contributed by atoms with Crippen LogP contribution in [0, 0.1) is 0 Å². The van der Waals surface area contributed by atoms with E-state index in [0.717, 1.165) is 18.4 Å². The smallest absolute Gasteiger partial charge is 0.339 e. The number of rotatable bonds is 4. The van der Waals surface area contributed by atoms with Crippen LogP contribution in [0.1, 0.15) is 22.3 Å². The van der Waals surface area contributed by atoms with E-state index < -0.39 is 5.97 Å². The van der Waals surface area contributed by atoms with Crippen molar-refractivity contribution >= 4 is 23.3 Å². The summed E-state index contributed by atoms with van der Waals surface area (Å²) in [4.78, 5) is 11.3. The maximum atomic E-state index is 11.3. The monoisotopic (exact) mass is 227 g/mol. The molecule has 1 rings (SSSR count). The molecule has 0 unspecified atom stereocenters. The summed E-state index contributed by atoms with van der Waals surface area (Å²) >= 11 is 5.60. The number of carbonyl (C=O) groups excluding carboxylic acids is 1. The number of alkyl halides is 1. The lowest BCUT2D eigenvalue weighted by Crippen LogP contribution is -2.06. The molecule has 0 heterocycles. The maximum absolute atomic E-state index is 11.3. The number of nitrogen functional groups attached to an aromatic ring is 1. The molecule has 0 bridgehead atoms. The lowest BCUT2D eigenvalue weighted by molar-refractivity contribution is 0.0602. The number of esters is 1. The van der Waals surface area contributed by atoms with Crippen LogP contribution < -0.4 is 5.73 Å². The molecule has 0 saturated carbocycles. The highest BCUT2D eigenvalue weighted by Crippen LogP contribution is 2.16. The van der Waals surface area contributed by atoms with E-state index in [1.807, 2.05) is 6.07 Å². The molecule has 15 heavy (non-hydrogen) atoms. The van der Waals surface area contributed by atoms with Crippen LogP contribution in [0.2, 0.25) is 0 Å². The third kappa shape index (κ3) is 3.13. The van der Waals surface area contributed by atoms with Gasteiger partial charge >= 0.3 is 5.97 Å². The summed E-state index contributed by atoms with van der Waals surface area (Å²) < 4.78 is 4.63. The van der Waals surface area contributed by atoms with Crippen molar-refractivity contribution in [3.8, 4) is 0 Å². The summed E-state index contributed by atoms with van der Waals surface area (Å²) in [6, 6.07) is 5.37. The Balaban J connectivity index is 2.89. The summed E-state index contributed by atoms with van der Waals surface area (Å²) in [7, 11) is 1.34. The van der Waals surface area contributed by atoms with E-state index in [1.54, 1.807) is 12.1 Å². The number of anilines is 1. The van der Waals surface area contributed by atoms with Gasteiger partial charge in [0.1, 0.15) is 0 Å². The van der Waals surface area contributed by atoms with Crippen molar-refractivity contribution < 1.29 is 9.53 Å². The van der Waals surface area contributed by atoms with Crippen LogP contribution in [0.3, 0.4) is 0 Å². The summed E-state index contributed by atoms with van der Waals surface area (Å²) in [6.07, 6.45) is 1.72. The molecule has 0 aliphatic carbocycles. The first-order valence-electron chi connectivity index (χ1n) is 4.71. The Morgan fingerprint density at radius 3 is 2.87 bits per heavy atom. The molecule has 0 aromatic heterocycles. The van der Waals surface area contributed by atoms with Gasteiger partial charge in [-0.15, -0.1) is 11.6 Å². The molecule has 0 aliphatic heterocycles. The molecule has 82 valence electrons. The van der Waals surface area contributed by atoms with Crippen LogP contribution in [0.25, 0.3) is 0 Å². The highest BCUT2D eigenvalue weighted by molar-refractivity contribution is 6.17. The van der Waals surface area contributed by atoms with Gasteiger partial charge in [0.05, 0.1) is 12.7 Å². The van der Waals surface area contributed by atoms with Gasteiger partial charge in [-0.2, -0.15) is 0 Å². The van der Waals surface area contributed by atoms with Gasteiger partial charge in [0.2, 0.25) is 0 Å². The Morgan fingerprint density at radius 1 is 1.53 bits per heavy atom. The van der Waals surface area contributed by atoms with E-state index in [-0.39, 0.29) is 0 Å². The zero-order valence-electron chi connectivity index (χ0n) is 8.63. The molecule has 0 saturated heterocycles. The molecule has 0 radical (unpaired) electrons. The number of aryl methyl sites for hydroxylation is 1. The normalized spacial score (nSPS) is 10.0. The van der Waals surface area contributed by atoms with Crippen molar-refractivity contribution in [2.45, 2.75) is 12.8 Å². The quantitative estimate of drug-likeness (QED) is 0.488. The van der Waals surface area contributed by atoms with Crippen LogP contribution in [0.4, 0.5) is 5.69 Å². The Labute approximate surface area is 94.2 Å². The fourth-order valence-electron chi connectivity index (χ4n) is 1.32. The third-order valence-electron chi connectivity index (χ3n) is 2.12. The summed E-state index contributed by atoms with van der Waals surface area (Å²) in [5, 5.41) is 0. The van der Waals surface area contributed by atoms with Crippen LogP contribution in [-0.2, 0) is 11.2 Å². The molecule has 0 spiro atoms. The number of hydrogen-bond acceptors (Lipinski definition) is 3. The molecule has 0 fully saturated rings. The van der Waals surface area contributed by atoms with E-state index in [0.29, 0.717) is 17.1 Å². The predicted octanol–water partition coefficient (Wildman–Crippen LogP) is 2.23. The van der Waals surface area contributed by atoms with Gasteiger partial charge in [-0.05, 0) is 30.5 Å². The van der Waals surface area contributed by atoms with Crippen molar-refractivity contribution in [1.82, 2.24) is 0 Å². The van der Waals surface area contributed by atoms with Crippen molar-refractivity contribution in [3.63, 3.8) is 0 Å². The first-order chi connectivity index (χ1) is 7.19. The predicted molar refractivity (Wildman–Crippen MR) is 61.2 cm³/mol. The van der Waals surface area contributed by atoms with Crippen LogP contribution >= 0.6 is 11.6 Å². The highest BCUT2D eigenvalue weighted by Gasteiger charge is 2.10. The largest absolute Gasteiger partial charge is 0.465 e. The number of hydrogen-bond donors (Lipinski definition) is 1. The minimum atomic E-state index is -0.403. The summed E-state index contributed by atoms with van der Waals surface area (Å²) in [5.74, 6) is 0.206. The zero-order chi connectivity index (χ0) is 11.3. The van der Waals surface area contributed by atoms with E-state index in [9.17, 15) is 4.79 Å². The summed E-state index contributed by atoms with van der Waals surface area (Å²) in [5.41, 5.74) is 7.58. The number of carbonyl (C=O) groups is 1. The minimum Gasteiger partial charge on any atom is -0.465 e. The van der Waals surface area contributed by atoms with Crippen molar-refractivity contribution in [2.24, 2.45) is 0 Å². The SMILES string of the molecule is COC(=O)c1cc(CCCCl)ccc1N. The molecule has 0 amide bonds. The van der Waals surface area contributed by atoms with Crippen molar-refractivity contribution in [3.05, 3.63) is 29.3 Å². The molecule has 3 nitrogen and oxygen atoms in total. The fraction of sp³-hybridized carbons (Fsp3) is 0.364. The molecular weight excluding hydrogens is 214 g/mol. The zero-order valence-corrected chi connectivity index (χ0v) is 9.38. The fourth-order valence-corrected chi connectivity index (χ4v) is 1.45. The van der Waals surface area contributed by atoms with Gasteiger partial charge in [0, 0.05) is 11.6 Å². The molecular formula is C11H14ClNO2. The summed E-state index contributed by atoms with van der Waals surface area (Å²) in [6.45, 7) is 0. The minimum absolute atomic E-state index is 0.403. The van der Waals surface area contributed by atoms with Gasteiger partial charge in [-0.25, -0.2) is 4.79 Å². The molecule has 0 aliphatic rings. The van der Waals surface area contributed by atoms with E-state index in [4.69, 9.17) is 17.3 Å². The number of ether oxygens (including phenoxy) is 1. The topological polar surface area (TPSA) is 52.3 Å². The Hall–Kier alpha value is -1.22. The van der Waals surface area contributed by atoms with E-state index >= 15 is 0 Å². The van der Waals surface area contributed by atoms with Crippen LogP contribution in [-0.4, -0.2) is 19.0 Å². The van der Waals surface area contributed by atoms with Gasteiger partial charge < -0.3 is 10.5 Å². The average Bonchev–Trinajstić information content (AvgIpc) is 2.27. The standard InChI is InChI=1S/C11H14ClNO2/c1-15-11(14)9-7-8(3-2-6-12)4-5-10(9)13/h4-5,7H,2-3,6,13H2,1H3. The van der Waals surface area contributed by atoms with E-state index in [1.165, 1.54) is 7.11 Å². The van der Waals surface area contributed by atoms with Crippen molar-refractivity contribution in [1.29, 1.82) is 0 Å². The first-order valence-corrected chi connectivity index (χ1v) is 5.25. The lowest BCUT2D eigenvalue weighted by Gasteiger charge is -2.06. The van der Waals surface area contributed by atoms with Gasteiger partial charge in [0.25, 0.3) is 0 Å². The van der Waals surface area contributed by atoms with Gasteiger partial charge in [-0.1, -0.05) is 6.07 Å². The molecule has 1 aromatic carbocycles. The second-order valence-corrected chi connectivity index (χ2v) is 3.58. The molecule has 2 N–H and O–H groups in total. The highest BCUT2D eigenvalue weighted by atomic mass is 35.5. The molecule has 0 atom stereocenters. The van der Waals surface area contributed by atoms with Crippen LogP contribution in [0.15, 0.2) is 18.2 Å². The Kier molecular flexibility index (Phi) is 4.43. The van der Waals surface area contributed by atoms with Crippen LogP contribution in [0.5, 0.6) is 0 Å². The second-order valence-electron chi connectivity index (χ2n) is 3.21. The van der Waals surface area contributed by atoms with Gasteiger partial charge in [0.15, 0.2) is 0 Å². The van der Waals surface area contributed by atoms with Gasteiger partial charge in [-0.3, -0.25) is 0 Å². The molecule has 1 aromatic rings. The maximum Gasteiger partial charge on any atom is 0.339 e. The first kappa shape index (κ1) is 11.9. The van der Waals surface area contributed by atoms with E-state index in [2.05, 4.69) is 4.74 Å². The molecule has 4 heteroatoms. The third-order valence-corrected chi connectivity index (χ3v) is 2.39. The number of nitrogens with two attached hydrogens (primary N) is 1. The number of benzene rings is 1. The Bertz CT molecular complexity index is 352. The number of halogens is 1. The second kappa shape index (κ2) is 5.61.